The van der Waals surface area contributed by atoms with E-state index in [1.54, 1.807) is 0 Å². The Morgan fingerprint density at radius 2 is 1.79 bits per heavy atom. The summed E-state index contributed by atoms with van der Waals surface area (Å²) in [6.45, 7) is -1.31. The van der Waals surface area contributed by atoms with Crippen molar-refractivity contribution in [2.24, 2.45) is 0 Å². The number of aliphatic hydroxyl groups excluding tert-OH is 1. The highest BCUT2D eigenvalue weighted by Crippen LogP contribution is 2.35. The number of halogens is 5. The molecule has 152 valence electrons. The molecular formula is C18H16F5NO4. The van der Waals surface area contributed by atoms with E-state index in [0.717, 1.165) is 30.3 Å². The summed E-state index contributed by atoms with van der Waals surface area (Å²) in [5, 5.41) is 12.0. The Bertz CT molecular complexity index is 813. The molecule has 0 saturated carbocycles. The van der Waals surface area contributed by atoms with Crippen molar-refractivity contribution in [2.75, 3.05) is 19.8 Å². The Labute approximate surface area is 156 Å². The van der Waals surface area contributed by atoms with Crippen LogP contribution in [0.2, 0.25) is 0 Å². The predicted molar refractivity (Wildman–Crippen MR) is 87.8 cm³/mol. The van der Waals surface area contributed by atoms with Crippen molar-refractivity contribution < 1.29 is 41.3 Å². The lowest BCUT2D eigenvalue weighted by atomic mass is 10.2. The van der Waals surface area contributed by atoms with Gasteiger partial charge in [0.15, 0.2) is 18.2 Å². The molecule has 0 radical (unpaired) electrons. The number of alkyl halides is 3. The number of ether oxygens (including phenoxy) is 2. The zero-order valence-corrected chi connectivity index (χ0v) is 14.3. The van der Waals surface area contributed by atoms with Crippen molar-refractivity contribution in [1.82, 2.24) is 5.32 Å². The number of nitrogens with one attached hydrogen (secondary N) is 1. The smallest absolute Gasteiger partial charge is 0.419 e. The maximum atomic E-state index is 13.0. The average molecular weight is 405 g/mol. The van der Waals surface area contributed by atoms with Gasteiger partial charge in [-0.2, -0.15) is 13.2 Å². The molecule has 0 heterocycles. The molecule has 0 aromatic heterocycles. The maximum Gasteiger partial charge on any atom is 0.419 e. The van der Waals surface area contributed by atoms with E-state index in [2.05, 4.69) is 5.32 Å². The van der Waals surface area contributed by atoms with Crippen molar-refractivity contribution in [3.63, 3.8) is 0 Å². The molecule has 1 atom stereocenters. The van der Waals surface area contributed by atoms with E-state index in [0.29, 0.717) is 0 Å². The van der Waals surface area contributed by atoms with E-state index >= 15 is 0 Å². The van der Waals surface area contributed by atoms with Gasteiger partial charge >= 0.3 is 6.18 Å². The summed E-state index contributed by atoms with van der Waals surface area (Å²) in [7, 11) is 0. The monoisotopic (exact) mass is 405 g/mol. The van der Waals surface area contributed by atoms with Gasteiger partial charge in [-0.1, -0.05) is 12.1 Å². The molecule has 2 rings (SSSR count). The highest BCUT2D eigenvalue weighted by molar-refractivity contribution is 5.77. The number of para-hydroxylation sites is 1. The molecular weight excluding hydrogens is 389 g/mol. The van der Waals surface area contributed by atoms with E-state index in [9.17, 15) is 31.9 Å². The molecule has 0 fully saturated rings. The molecule has 0 aliphatic rings. The summed E-state index contributed by atoms with van der Waals surface area (Å²) in [5.74, 6) is -3.43. The molecule has 1 unspecified atom stereocenters. The van der Waals surface area contributed by atoms with Crippen LogP contribution >= 0.6 is 0 Å². The normalized spacial score (nSPS) is 12.4. The fourth-order valence-electron chi connectivity index (χ4n) is 2.07. The predicted octanol–water partition coefficient (Wildman–Crippen LogP) is 2.92. The highest BCUT2D eigenvalue weighted by Gasteiger charge is 2.34. The largest absolute Gasteiger partial charge is 0.491 e. The second-order valence-electron chi connectivity index (χ2n) is 5.63. The Kier molecular flexibility index (Phi) is 7.16. The number of rotatable bonds is 8. The summed E-state index contributed by atoms with van der Waals surface area (Å²) in [6.07, 6.45) is -5.82. The van der Waals surface area contributed by atoms with Crippen LogP contribution in [0.5, 0.6) is 11.5 Å². The van der Waals surface area contributed by atoms with Gasteiger partial charge in [-0.05, 0) is 24.3 Å². The molecule has 10 heteroatoms. The Hall–Kier alpha value is -2.88. The topological polar surface area (TPSA) is 67.8 Å². The van der Waals surface area contributed by atoms with Gasteiger partial charge in [0.25, 0.3) is 5.91 Å². The van der Waals surface area contributed by atoms with Crippen LogP contribution in [-0.2, 0) is 11.0 Å². The third kappa shape index (κ3) is 6.38. The van der Waals surface area contributed by atoms with Crippen LogP contribution in [0, 0.1) is 11.6 Å². The quantitative estimate of drug-likeness (QED) is 0.663. The van der Waals surface area contributed by atoms with Crippen molar-refractivity contribution in [3.05, 3.63) is 59.7 Å². The van der Waals surface area contributed by atoms with E-state index in [1.165, 1.54) is 12.1 Å². The molecule has 0 aliphatic carbocycles. The molecule has 0 bridgehead atoms. The second-order valence-corrected chi connectivity index (χ2v) is 5.63. The number of hydrogen-bond donors (Lipinski definition) is 2. The minimum Gasteiger partial charge on any atom is -0.491 e. The molecule has 1 amide bonds. The van der Waals surface area contributed by atoms with Gasteiger partial charge in [0.1, 0.15) is 24.2 Å². The van der Waals surface area contributed by atoms with Gasteiger partial charge in [-0.3, -0.25) is 4.79 Å². The lowest BCUT2D eigenvalue weighted by Gasteiger charge is -2.15. The van der Waals surface area contributed by atoms with Gasteiger partial charge in [0, 0.05) is 12.6 Å². The molecule has 2 aromatic rings. The maximum absolute atomic E-state index is 13.0. The highest BCUT2D eigenvalue weighted by atomic mass is 19.4. The zero-order valence-electron chi connectivity index (χ0n) is 14.3. The summed E-state index contributed by atoms with van der Waals surface area (Å²) in [4.78, 5) is 11.7. The van der Waals surface area contributed by atoms with E-state index in [1.807, 2.05) is 0 Å². The zero-order chi connectivity index (χ0) is 20.7. The first-order chi connectivity index (χ1) is 13.2. The molecule has 0 spiro atoms. The Morgan fingerprint density at radius 3 is 2.46 bits per heavy atom. The summed E-state index contributed by atoms with van der Waals surface area (Å²) >= 11 is 0. The first-order valence-electron chi connectivity index (χ1n) is 7.98. The van der Waals surface area contributed by atoms with Gasteiger partial charge < -0.3 is 19.9 Å². The molecule has 2 N–H and O–H groups in total. The first kappa shape index (κ1) is 21.4. The Balaban J connectivity index is 1.76. The van der Waals surface area contributed by atoms with Gasteiger partial charge in [-0.15, -0.1) is 0 Å². The SMILES string of the molecule is O=C(COc1ccccc1C(F)(F)F)NCC(O)COc1ccc(F)c(F)c1. The third-order valence-corrected chi connectivity index (χ3v) is 3.42. The third-order valence-electron chi connectivity index (χ3n) is 3.42. The number of amides is 1. The van der Waals surface area contributed by atoms with Crippen LogP contribution in [-0.4, -0.2) is 36.9 Å². The second kappa shape index (κ2) is 9.36. The number of carbonyl (C=O) groups is 1. The van der Waals surface area contributed by atoms with E-state index < -0.39 is 47.7 Å². The lowest BCUT2D eigenvalue weighted by Crippen LogP contribution is -2.37. The molecule has 2 aromatic carbocycles. The van der Waals surface area contributed by atoms with Crippen LogP contribution in [0.4, 0.5) is 22.0 Å². The lowest BCUT2D eigenvalue weighted by molar-refractivity contribution is -0.139. The molecule has 0 aliphatic heterocycles. The average Bonchev–Trinajstić information content (AvgIpc) is 2.65. The van der Waals surface area contributed by atoms with Crippen molar-refractivity contribution in [2.45, 2.75) is 12.3 Å². The number of benzene rings is 2. The first-order valence-corrected chi connectivity index (χ1v) is 7.98. The van der Waals surface area contributed by atoms with Crippen LogP contribution < -0.4 is 14.8 Å². The van der Waals surface area contributed by atoms with E-state index in [4.69, 9.17) is 9.47 Å². The Morgan fingerprint density at radius 1 is 1.07 bits per heavy atom. The van der Waals surface area contributed by atoms with E-state index in [-0.39, 0.29) is 18.9 Å². The molecule has 0 saturated heterocycles. The fraction of sp³-hybridized carbons (Fsp3) is 0.278. The van der Waals surface area contributed by atoms with Crippen LogP contribution in [0.25, 0.3) is 0 Å². The van der Waals surface area contributed by atoms with Crippen molar-refractivity contribution in [1.29, 1.82) is 0 Å². The number of carbonyl (C=O) groups excluding carboxylic acids is 1. The van der Waals surface area contributed by atoms with Gasteiger partial charge in [-0.25, -0.2) is 8.78 Å². The minimum absolute atomic E-state index is 0.0173. The fourth-order valence-corrected chi connectivity index (χ4v) is 2.07. The minimum atomic E-state index is -4.62. The number of aliphatic hydroxyl groups is 1. The van der Waals surface area contributed by atoms with Gasteiger partial charge in [0.05, 0.1) is 5.56 Å². The summed E-state index contributed by atoms with van der Waals surface area (Å²) in [5.41, 5.74) is -1.01. The van der Waals surface area contributed by atoms with Crippen LogP contribution in [0.3, 0.4) is 0 Å². The molecule has 28 heavy (non-hydrogen) atoms. The summed E-state index contributed by atoms with van der Waals surface area (Å²) in [6, 6.07) is 7.26. The standard InChI is InChI=1S/C18H16F5NO4/c19-14-6-5-12(7-15(14)20)27-9-11(25)8-24-17(26)10-28-16-4-2-1-3-13(16)18(21,22)23/h1-7,11,25H,8-10H2,(H,24,26). The molecule has 5 nitrogen and oxygen atoms in total. The van der Waals surface area contributed by atoms with Crippen molar-refractivity contribution in [3.8, 4) is 11.5 Å². The van der Waals surface area contributed by atoms with Gasteiger partial charge in [0.2, 0.25) is 0 Å². The summed E-state index contributed by atoms with van der Waals surface area (Å²) < 4.78 is 74.2. The van der Waals surface area contributed by atoms with Crippen LogP contribution in [0.15, 0.2) is 42.5 Å². The number of hydrogen-bond acceptors (Lipinski definition) is 4. The van der Waals surface area contributed by atoms with Crippen LogP contribution in [0.1, 0.15) is 5.56 Å². The van der Waals surface area contributed by atoms with Crippen molar-refractivity contribution >= 4 is 5.91 Å².